The van der Waals surface area contributed by atoms with E-state index >= 15 is 0 Å². The number of hydrogen-bond acceptors (Lipinski definition) is 4. The summed E-state index contributed by atoms with van der Waals surface area (Å²) < 4.78 is 0. The van der Waals surface area contributed by atoms with Crippen molar-refractivity contribution in [2.45, 2.75) is 33.6 Å². The molecule has 1 aromatic heterocycles. The Bertz CT molecular complexity index is 482. The van der Waals surface area contributed by atoms with Crippen LogP contribution in [0.3, 0.4) is 0 Å². The van der Waals surface area contributed by atoms with E-state index < -0.39 is 0 Å². The quantitative estimate of drug-likeness (QED) is 0.798. The minimum Gasteiger partial charge on any atom is -0.301 e. The summed E-state index contributed by atoms with van der Waals surface area (Å²) in [6, 6.07) is 3.80. The fourth-order valence-corrected chi connectivity index (χ4v) is 2.52. The van der Waals surface area contributed by atoms with Gasteiger partial charge in [0.25, 0.3) is 0 Å². The Morgan fingerprint density at radius 1 is 1.56 bits per heavy atom. The molecule has 0 aromatic carbocycles. The molecule has 1 radical (unpaired) electrons. The van der Waals surface area contributed by atoms with E-state index in [4.69, 9.17) is 10.7 Å². The van der Waals surface area contributed by atoms with E-state index in [1.807, 2.05) is 26.2 Å². The number of hydrogen-bond donors (Lipinski definition) is 1. The Kier molecular flexibility index (Phi) is 5.24. The monoisotopic (exact) mass is 261 g/mol. The van der Waals surface area contributed by atoms with Gasteiger partial charge in [-0.1, -0.05) is 20.8 Å². The van der Waals surface area contributed by atoms with Crippen LogP contribution in [0.4, 0.5) is 0 Å². The van der Waals surface area contributed by atoms with E-state index in [2.05, 4.69) is 6.07 Å². The normalized spacial score (nSPS) is 12.2. The molecule has 1 rings (SSSR count). The third-order valence-corrected chi connectivity index (χ3v) is 3.49. The molecular weight excluding hydrogens is 244 g/mol. The average molecular weight is 261 g/mol. The molecule has 0 fully saturated rings. The second-order valence-corrected chi connectivity index (χ2v) is 5.67. The summed E-state index contributed by atoms with van der Waals surface area (Å²) in [6.07, 6.45) is 1.05. The molecule has 18 heavy (non-hydrogen) atoms. The summed E-state index contributed by atoms with van der Waals surface area (Å²) >= 11 is 1.35. The lowest BCUT2D eigenvalue weighted by Crippen LogP contribution is -2.23. The number of rotatable bonds is 6. The molecule has 1 atom stereocenters. The first kappa shape index (κ1) is 14.6. The van der Waals surface area contributed by atoms with Crippen molar-refractivity contribution in [1.29, 1.82) is 10.7 Å². The third-order valence-electron chi connectivity index (χ3n) is 2.60. The number of Topliss-reactive ketones (excluding diaryl/α,β-unsaturated/α-hetero) is 1. The van der Waals surface area contributed by atoms with Crippen LogP contribution in [0.15, 0.2) is 11.4 Å². The Hall–Kier alpha value is -1.47. The lowest BCUT2D eigenvalue weighted by molar-refractivity contribution is -0.116. The van der Waals surface area contributed by atoms with Gasteiger partial charge < -0.3 is 5.41 Å². The predicted molar refractivity (Wildman–Crippen MR) is 73.8 cm³/mol. The fourth-order valence-electron chi connectivity index (χ4n) is 1.82. The van der Waals surface area contributed by atoms with Crippen molar-refractivity contribution >= 4 is 22.8 Å². The molecule has 0 bridgehead atoms. The standard InChI is InChI=1S/C14H17N2OS/c1-9(2)4-10(3)14(17)13(16)6-11-5-12(7-15)18-8-11/h5,8,10,16H,4,6H2,1-3H3/t10-/m0/s1. The van der Waals surface area contributed by atoms with Crippen molar-refractivity contribution < 1.29 is 4.79 Å². The van der Waals surface area contributed by atoms with Gasteiger partial charge in [0, 0.05) is 12.3 Å². The summed E-state index contributed by atoms with van der Waals surface area (Å²) in [5, 5.41) is 18.4. The largest absolute Gasteiger partial charge is 0.301 e. The molecule has 1 aromatic rings. The van der Waals surface area contributed by atoms with Gasteiger partial charge >= 0.3 is 0 Å². The average Bonchev–Trinajstić information content (AvgIpc) is 2.74. The molecule has 0 spiro atoms. The van der Waals surface area contributed by atoms with Crippen molar-refractivity contribution in [2.75, 3.05) is 0 Å². The molecular formula is C14H17N2OS. The lowest BCUT2D eigenvalue weighted by Gasteiger charge is -2.12. The highest BCUT2D eigenvalue weighted by molar-refractivity contribution is 7.10. The van der Waals surface area contributed by atoms with Crippen LogP contribution < -0.4 is 0 Å². The zero-order valence-electron chi connectivity index (χ0n) is 10.9. The molecule has 3 nitrogen and oxygen atoms in total. The van der Waals surface area contributed by atoms with Gasteiger partial charge in [0.2, 0.25) is 0 Å². The van der Waals surface area contributed by atoms with Crippen molar-refractivity contribution in [3.8, 4) is 6.07 Å². The van der Waals surface area contributed by atoms with Crippen LogP contribution in [-0.2, 0) is 11.2 Å². The van der Waals surface area contributed by atoms with Crippen LogP contribution >= 0.6 is 11.3 Å². The summed E-state index contributed by atoms with van der Waals surface area (Å²) in [4.78, 5) is 12.6. The smallest absolute Gasteiger partial charge is 0.179 e. The van der Waals surface area contributed by atoms with E-state index in [-0.39, 0.29) is 17.4 Å². The predicted octanol–water partition coefficient (Wildman–Crippen LogP) is 3.39. The van der Waals surface area contributed by atoms with Crippen molar-refractivity contribution in [3.63, 3.8) is 0 Å². The number of carbonyl (C=O) groups is 1. The first-order valence-electron chi connectivity index (χ1n) is 5.82. The summed E-state index contributed by atoms with van der Waals surface area (Å²) in [5.41, 5.74) is 1.00. The van der Waals surface area contributed by atoms with Gasteiger partial charge in [0.1, 0.15) is 10.9 Å². The second-order valence-electron chi connectivity index (χ2n) is 4.76. The Morgan fingerprint density at radius 3 is 2.72 bits per heavy atom. The maximum atomic E-state index is 12.0. The highest BCUT2D eigenvalue weighted by Gasteiger charge is 2.19. The van der Waals surface area contributed by atoms with Crippen LogP contribution in [0.2, 0.25) is 0 Å². The zero-order valence-corrected chi connectivity index (χ0v) is 11.7. The van der Waals surface area contributed by atoms with Crippen LogP contribution in [0.1, 0.15) is 37.6 Å². The number of thiophene rings is 1. The zero-order chi connectivity index (χ0) is 13.7. The maximum absolute atomic E-state index is 12.0. The first-order valence-corrected chi connectivity index (χ1v) is 6.70. The number of nitrogens with one attached hydrogen (secondary N) is 1. The summed E-state index contributed by atoms with van der Waals surface area (Å²) in [6.45, 7) is 5.84. The van der Waals surface area contributed by atoms with Gasteiger partial charge in [-0.05, 0) is 29.3 Å². The van der Waals surface area contributed by atoms with Crippen molar-refractivity contribution in [2.24, 2.45) is 5.92 Å². The first-order chi connectivity index (χ1) is 8.43. The van der Waals surface area contributed by atoms with E-state index in [1.54, 1.807) is 6.07 Å². The number of nitriles is 1. The SMILES string of the molecule is C[C](C)C[C@H](C)C(=O)C(=N)Cc1csc(C#N)c1. The van der Waals surface area contributed by atoms with E-state index in [9.17, 15) is 4.79 Å². The Balaban J connectivity index is 2.60. The molecule has 0 amide bonds. The van der Waals surface area contributed by atoms with Gasteiger partial charge in [-0.15, -0.1) is 11.3 Å². The molecule has 95 valence electrons. The molecule has 4 heteroatoms. The second kappa shape index (κ2) is 6.46. The molecule has 1 N–H and O–H groups in total. The van der Waals surface area contributed by atoms with Gasteiger partial charge in [0.05, 0.1) is 5.71 Å². The van der Waals surface area contributed by atoms with Gasteiger partial charge in [-0.25, -0.2) is 0 Å². The number of ketones is 1. The molecule has 0 aliphatic carbocycles. The molecule has 0 aliphatic heterocycles. The van der Waals surface area contributed by atoms with Crippen LogP contribution in [-0.4, -0.2) is 11.5 Å². The van der Waals surface area contributed by atoms with Gasteiger partial charge in [0.15, 0.2) is 5.78 Å². The molecule has 0 unspecified atom stereocenters. The minimum absolute atomic E-state index is 0.0964. The van der Waals surface area contributed by atoms with Crippen molar-refractivity contribution in [3.05, 3.63) is 27.8 Å². The molecule has 0 saturated heterocycles. The third kappa shape index (κ3) is 4.08. The highest BCUT2D eigenvalue weighted by Crippen LogP contribution is 2.17. The topological polar surface area (TPSA) is 64.7 Å². The van der Waals surface area contributed by atoms with Crippen LogP contribution in [0.25, 0.3) is 0 Å². The Labute approximate surface area is 112 Å². The summed E-state index contributed by atoms with van der Waals surface area (Å²) in [7, 11) is 0. The van der Waals surface area contributed by atoms with E-state index in [0.29, 0.717) is 11.3 Å². The minimum atomic E-state index is -0.128. The maximum Gasteiger partial charge on any atom is 0.179 e. The van der Waals surface area contributed by atoms with Crippen LogP contribution in [0.5, 0.6) is 0 Å². The highest BCUT2D eigenvalue weighted by atomic mass is 32.1. The molecule has 1 heterocycles. The van der Waals surface area contributed by atoms with Gasteiger partial charge in [-0.2, -0.15) is 5.26 Å². The lowest BCUT2D eigenvalue weighted by atomic mass is 9.91. The summed E-state index contributed by atoms with van der Waals surface area (Å²) in [5.74, 6) is 0.975. The molecule has 0 aliphatic rings. The van der Waals surface area contributed by atoms with E-state index in [0.717, 1.165) is 12.0 Å². The Morgan fingerprint density at radius 2 is 2.22 bits per heavy atom. The van der Waals surface area contributed by atoms with Crippen LogP contribution in [0, 0.1) is 28.6 Å². The van der Waals surface area contributed by atoms with Crippen molar-refractivity contribution in [1.82, 2.24) is 0 Å². The molecule has 0 saturated carbocycles. The fraction of sp³-hybridized carbons (Fsp3) is 0.429. The van der Waals surface area contributed by atoms with E-state index in [1.165, 1.54) is 17.3 Å². The number of carbonyl (C=O) groups excluding carboxylic acids is 1. The number of nitrogens with zero attached hydrogens (tertiary/aromatic N) is 1. The van der Waals surface area contributed by atoms with Gasteiger partial charge in [-0.3, -0.25) is 4.79 Å².